The third-order valence-corrected chi connectivity index (χ3v) is 6.77. The van der Waals surface area contributed by atoms with Crippen LogP contribution in [0.1, 0.15) is 40.0 Å². The van der Waals surface area contributed by atoms with Gasteiger partial charge in [0.1, 0.15) is 11.6 Å². The molecule has 0 amide bonds. The standard InChI is InChI=1S/C21H26N2O3/c1-4-26-18(25)17-11-22-19(23-15-6-5-7-16(24)10-15)21-12-20(17,21)13(2)8-9-14(21)3/h5-7,10-11,13-14,24H,4,8-9,12H2,1-3H3,(H,22,23). The Labute approximate surface area is 154 Å². The third kappa shape index (κ3) is 2.15. The van der Waals surface area contributed by atoms with Crippen LogP contribution < -0.4 is 5.32 Å². The topological polar surface area (TPSA) is 70.9 Å². The van der Waals surface area contributed by atoms with Gasteiger partial charge in [0.15, 0.2) is 0 Å². The zero-order chi connectivity index (χ0) is 18.5. The van der Waals surface area contributed by atoms with Crippen LogP contribution in [0.3, 0.4) is 0 Å². The maximum absolute atomic E-state index is 12.6. The normalized spacial score (nSPS) is 34.7. The summed E-state index contributed by atoms with van der Waals surface area (Å²) in [4.78, 5) is 17.3. The van der Waals surface area contributed by atoms with Crippen molar-refractivity contribution in [1.29, 1.82) is 0 Å². The minimum atomic E-state index is -0.226. The monoisotopic (exact) mass is 354 g/mol. The summed E-state index contributed by atoms with van der Waals surface area (Å²) in [5, 5.41) is 13.2. The summed E-state index contributed by atoms with van der Waals surface area (Å²) in [6.07, 6.45) is 4.87. The lowest BCUT2D eigenvalue weighted by Crippen LogP contribution is -2.44. The molecule has 0 spiro atoms. The lowest BCUT2D eigenvalue weighted by Gasteiger charge is -2.42. The lowest BCUT2D eigenvalue weighted by atomic mass is 9.63. The number of nitrogens with one attached hydrogen (secondary N) is 1. The number of hydrogen-bond acceptors (Lipinski definition) is 5. The fourth-order valence-corrected chi connectivity index (χ4v) is 5.41. The fraction of sp³-hybridized carbons (Fsp3) is 0.524. The van der Waals surface area contributed by atoms with E-state index in [-0.39, 0.29) is 22.5 Å². The number of benzene rings is 1. The number of aromatic hydroxyl groups is 1. The molecule has 3 aliphatic rings. The summed E-state index contributed by atoms with van der Waals surface area (Å²) in [5.41, 5.74) is 1.22. The number of amidine groups is 1. The molecule has 5 nitrogen and oxygen atoms in total. The number of esters is 1. The number of carbonyl (C=O) groups is 1. The van der Waals surface area contributed by atoms with Gasteiger partial charge in [-0.2, -0.15) is 0 Å². The Hall–Kier alpha value is -2.30. The van der Waals surface area contributed by atoms with Gasteiger partial charge in [0.05, 0.1) is 12.2 Å². The number of ether oxygens (including phenoxy) is 1. The number of aliphatic imine (C=N–C) groups is 1. The maximum Gasteiger partial charge on any atom is 0.336 e. The van der Waals surface area contributed by atoms with Crippen LogP contribution in [0, 0.1) is 22.7 Å². The number of phenolic OH excluding ortho intramolecular Hbond substituents is 1. The van der Waals surface area contributed by atoms with Crippen molar-refractivity contribution in [2.75, 3.05) is 11.9 Å². The van der Waals surface area contributed by atoms with E-state index >= 15 is 0 Å². The van der Waals surface area contributed by atoms with Gasteiger partial charge in [0.2, 0.25) is 0 Å². The summed E-state index contributed by atoms with van der Waals surface area (Å²) in [6.45, 7) is 6.73. The zero-order valence-corrected chi connectivity index (χ0v) is 15.6. The number of anilines is 1. The average molecular weight is 354 g/mol. The Bertz CT molecular complexity index is 815. The predicted octanol–water partition coefficient (Wildman–Crippen LogP) is 4.11. The van der Waals surface area contributed by atoms with Gasteiger partial charge in [-0.3, -0.25) is 0 Å². The predicted molar refractivity (Wildman–Crippen MR) is 101 cm³/mol. The second-order valence-electron chi connectivity index (χ2n) is 7.92. The van der Waals surface area contributed by atoms with Crippen molar-refractivity contribution in [2.45, 2.75) is 40.0 Å². The van der Waals surface area contributed by atoms with Gasteiger partial charge < -0.3 is 15.2 Å². The largest absolute Gasteiger partial charge is 0.508 e. The molecule has 2 fully saturated rings. The van der Waals surface area contributed by atoms with Crippen molar-refractivity contribution in [3.63, 3.8) is 0 Å². The van der Waals surface area contributed by atoms with E-state index in [2.05, 4.69) is 24.2 Å². The van der Waals surface area contributed by atoms with Crippen molar-refractivity contribution in [3.8, 4) is 5.75 Å². The van der Waals surface area contributed by atoms with Crippen LogP contribution in [0.5, 0.6) is 5.75 Å². The quantitative estimate of drug-likeness (QED) is 0.802. The number of carbonyl (C=O) groups excluding carboxylic acids is 1. The molecule has 4 rings (SSSR count). The highest BCUT2D eigenvalue weighted by Gasteiger charge is 2.78. The van der Waals surface area contributed by atoms with Gasteiger partial charge in [0, 0.05) is 28.8 Å². The van der Waals surface area contributed by atoms with E-state index in [0.29, 0.717) is 18.4 Å². The summed E-state index contributed by atoms with van der Waals surface area (Å²) in [6, 6.07) is 7.08. The molecule has 1 aromatic rings. The molecule has 0 radical (unpaired) electrons. The zero-order valence-electron chi connectivity index (χ0n) is 15.6. The summed E-state index contributed by atoms with van der Waals surface area (Å²) in [7, 11) is 0. The molecule has 1 aromatic carbocycles. The van der Waals surface area contributed by atoms with Gasteiger partial charge >= 0.3 is 5.97 Å². The van der Waals surface area contributed by atoms with Crippen molar-refractivity contribution >= 4 is 17.5 Å². The first-order valence-electron chi connectivity index (χ1n) is 9.48. The first kappa shape index (κ1) is 17.1. The van der Waals surface area contributed by atoms with Crippen LogP contribution in [0.25, 0.3) is 0 Å². The van der Waals surface area contributed by atoms with Crippen LogP contribution in [0.15, 0.2) is 41.0 Å². The second kappa shape index (κ2) is 5.86. The molecule has 2 N–H and O–H groups in total. The Morgan fingerprint density at radius 3 is 2.73 bits per heavy atom. The molecule has 26 heavy (non-hydrogen) atoms. The van der Waals surface area contributed by atoms with Gasteiger partial charge in [-0.05, 0) is 50.2 Å². The molecule has 1 heterocycles. The van der Waals surface area contributed by atoms with E-state index < -0.39 is 0 Å². The van der Waals surface area contributed by atoms with Crippen molar-refractivity contribution < 1.29 is 14.6 Å². The smallest absolute Gasteiger partial charge is 0.336 e. The van der Waals surface area contributed by atoms with Gasteiger partial charge in [-0.1, -0.05) is 19.9 Å². The minimum absolute atomic E-state index is 0.146. The van der Waals surface area contributed by atoms with E-state index in [4.69, 9.17) is 4.74 Å². The van der Waals surface area contributed by atoms with Crippen LogP contribution in [0.2, 0.25) is 0 Å². The van der Waals surface area contributed by atoms with E-state index in [1.807, 2.05) is 19.1 Å². The Morgan fingerprint density at radius 2 is 2.04 bits per heavy atom. The molecular weight excluding hydrogens is 328 g/mol. The third-order valence-electron chi connectivity index (χ3n) is 6.77. The molecule has 0 bridgehead atoms. The fourth-order valence-electron chi connectivity index (χ4n) is 5.41. The van der Waals surface area contributed by atoms with Crippen molar-refractivity contribution in [3.05, 3.63) is 36.0 Å². The Kier molecular flexibility index (Phi) is 3.86. The van der Waals surface area contributed by atoms with Crippen LogP contribution in [-0.4, -0.2) is 23.5 Å². The minimum Gasteiger partial charge on any atom is -0.508 e. The molecule has 2 aliphatic carbocycles. The van der Waals surface area contributed by atoms with Gasteiger partial charge in [-0.25, -0.2) is 9.79 Å². The van der Waals surface area contributed by atoms with E-state index in [1.54, 1.807) is 18.3 Å². The van der Waals surface area contributed by atoms with Crippen LogP contribution in [-0.2, 0) is 9.53 Å². The summed E-state index contributed by atoms with van der Waals surface area (Å²) in [5.74, 6) is 1.75. The molecular formula is C21H26N2O3. The van der Waals surface area contributed by atoms with E-state index in [9.17, 15) is 9.90 Å². The molecule has 0 saturated heterocycles. The molecule has 1 aliphatic heterocycles. The number of rotatable bonds is 3. The maximum atomic E-state index is 12.6. The Morgan fingerprint density at radius 1 is 1.31 bits per heavy atom. The van der Waals surface area contributed by atoms with Crippen molar-refractivity contribution in [1.82, 2.24) is 0 Å². The number of nitrogens with zero attached hydrogens (tertiary/aromatic N) is 1. The van der Waals surface area contributed by atoms with Crippen molar-refractivity contribution in [2.24, 2.45) is 27.7 Å². The molecule has 0 aromatic heterocycles. The highest BCUT2D eigenvalue weighted by Crippen LogP contribution is 2.79. The second-order valence-corrected chi connectivity index (χ2v) is 7.92. The summed E-state index contributed by atoms with van der Waals surface area (Å²) < 4.78 is 5.34. The molecule has 4 unspecified atom stereocenters. The molecule has 5 heteroatoms. The summed E-state index contributed by atoms with van der Waals surface area (Å²) >= 11 is 0. The van der Waals surface area contributed by atoms with Gasteiger partial charge in [-0.15, -0.1) is 0 Å². The molecule has 138 valence electrons. The highest BCUT2D eigenvalue weighted by atomic mass is 16.5. The van der Waals surface area contributed by atoms with E-state index in [0.717, 1.165) is 36.4 Å². The first-order chi connectivity index (χ1) is 12.5. The highest BCUT2D eigenvalue weighted by molar-refractivity contribution is 6.08. The lowest BCUT2D eigenvalue weighted by molar-refractivity contribution is -0.140. The number of hydrogen-bond donors (Lipinski definition) is 2. The first-order valence-corrected chi connectivity index (χ1v) is 9.48. The van der Waals surface area contributed by atoms with Gasteiger partial charge in [0.25, 0.3) is 0 Å². The van der Waals surface area contributed by atoms with Crippen LogP contribution in [0.4, 0.5) is 5.69 Å². The van der Waals surface area contributed by atoms with Crippen LogP contribution >= 0.6 is 0 Å². The SMILES string of the molecule is CCOC(=O)C1=CN=C(Nc2cccc(O)c2)C23CC12C(C)CCC3C. The molecule has 2 saturated carbocycles. The molecule has 4 atom stereocenters. The van der Waals surface area contributed by atoms with E-state index in [1.165, 1.54) is 0 Å². The Balaban J connectivity index is 1.76. The average Bonchev–Trinajstić information content (AvgIpc) is 3.33. The number of phenols is 1.